The van der Waals surface area contributed by atoms with E-state index in [9.17, 15) is 4.79 Å². The molecule has 0 spiro atoms. The Morgan fingerprint density at radius 1 is 1.39 bits per heavy atom. The monoisotopic (exact) mass is 284 g/mol. The third kappa shape index (κ3) is 2.94. The molecule has 7 heteroatoms. The first kappa shape index (κ1) is 12.7. The van der Waals surface area contributed by atoms with Crippen molar-refractivity contribution in [1.82, 2.24) is 10.2 Å². The molecule has 0 saturated heterocycles. The van der Waals surface area contributed by atoms with Crippen LogP contribution < -0.4 is 11.1 Å². The standard InChI is InChI=1S/C11H10Cl2N4O/c12-7-2-1-6(3-8(7)13)4-10(18)16-11-9(14)5-15-17-11/h1-3,5H,4,14H2,(H2,15,16,17,18). The summed E-state index contributed by atoms with van der Waals surface area (Å²) in [6, 6.07) is 5.04. The van der Waals surface area contributed by atoms with Crippen LogP contribution in [0.25, 0.3) is 0 Å². The molecule has 4 N–H and O–H groups in total. The quantitative estimate of drug-likeness (QED) is 0.810. The number of hydrogen-bond donors (Lipinski definition) is 3. The summed E-state index contributed by atoms with van der Waals surface area (Å²) in [6.07, 6.45) is 1.60. The maximum Gasteiger partial charge on any atom is 0.229 e. The molecule has 1 aromatic carbocycles. The highest BCUT2D eigenvalue weighted by atomic mass is 35.5. The summed E-state index contributed by atoms with van der Waals surface area (Å²) in [6.45, 7) is 0. The zero-order valence-corrected chi connectivity index (χ0v) is 10.7. The van der Waals surface area contributed by atoms with Gasteiger partial charge in [-0.15, -0.1) is 0 Å². The molecule has 0 fully saturated rings. The summed E-state index contributed by atoms with van der Waals surface area (Å²) < 4.78 is 0. The van der Waals surface area contributed by atoms with Gasteiger partial charge in [-0.05, 0) is 17.7 Å². The third-order valence-corrected chi connectivity index (χ3v) is 3.02. The van der Waals surface area contributed by atoms with Crippen molar-refractivity contribution < 1.29 is 4.79 Å². The van der Waals surface area contributed by atoms with Crippen LogP contribution in [0.1, 0.15) is 5.56 Å². The van der Waals surface area contributed by atoms with Crippen molar-refractivity contribution in [2.75, 3.05) is 11.1 Å². The van der Waals surface area contributed by atoms with E-state index in [1.54, 1.807) is 18.2 Å². The summed E-state index contributed by atoms with van der Waals surface area (Å²) >= 11 is 11.7. The minimum absolute atomic E-state index is 0.176. The number of nitrogens with two attached hydrogens (primary N) is 1. The molecule has 18 heavy (non-hydrogen) atoms. The lowest BCUT2D eigenvalue weighted by molar-refractivity contribution is -0.115. The second-order valence-corrected chi connectivity index (χ2v) is 4.49. The number of nitrogens with zero attached hydrogens (tertiary/aromatic N) is 1. The molecule has 1 aromatic heterocycles. The molecule has 0 unspecified atom stereocenters. The van der Waals surface area contributed by atoms with Gasteiger partial charge in [0.1, 0.15) is 0 Å². The van der Waals surface area contributed by atoms with E-state index >= 15 is 0 Å². The molecule has 0 atom stereocenters. The molecule has 1 heterocycles. The molecule has 0 radical (unpaired) electrons. The van der Waals surface area contributed by atoms with Crippen LogP contribution >= 0.6 is 23.2 Å². The number of benzene rings is 1. The number of hydrogen-bond acceptors (Lipinski definition) is 3. The number of anilines is 2. The van der Waals surface area contributed by atoms with Crippen molar-refractivity contribution in [3.63, 3.8) is 0 Å². The van der Waals surface area contributed by atoms with Crippen LogP contribution in [0.15, 0.2) is 24.4 Å². The highest BCUT2D eigenvalue weighted by molar-refractivity contribution is 6.42. The number of H-pyrrole nitrogens is 1. The minimum atomic E-state index is -0.218. The molecule has 2 aromatic rings. The van der Waals surface area contributed by atoms with E-state index in [0.29, 0.717) is 21.6 Å². The minimum Gasteiger partial charge on any atom is -0.394 e. The first-order chi connectivity index (χ1) is 8.56. The normalized spacial score (nSPS) is 10.3. The van der Waals surface area contributed by atoms with Crippen LogP contribution in [0.2, 0.25) is 10.0 Å². The maximum atomic E-state index is 11.7. The van der Waals surface area contributed by atoms with Gasteiger partial charge < -0.3 is 11.1 Å². The van der Waals surface area contributed by atoms with E-state index < -0.39 is 0 Å². The molecule has 1 amide bonds. The summed E-state index contributed by atoms with van der Waals surface area (Å²) in [4.78, 5) is 11.7. The van der Waals surface area contributed by atoms with E-state index in [1.165, 1.54) is 6.20 Å². The number of rotatable bonds is 3. The van der Waals surface area contributed by atoms with Crippen LogP contribution in [0.3, 0.4) is 0 Å². The van der Waals surface area contributed by atoms with Gasteiger partial charge in [-0.1, -0.05) is 29.3 Å². The van der Waals surface area contributed by atoms with Gasteiger partial charge in [-0.3, -0.25) is 9.89 Å². The van der Waals surface area contributed by atoms with Gasteiger partial charge >= 0.3 is 0 Å². The van der Waals surface area contributed by atoms with Crippen LogP contribution in [-0.2, 0) is 11.2 Å². The Hall–Kier alpha value is -1.72. The number of aromatic nitrogens is 2. The SMILES string of the molecule is Nc1cn[nH]c1NC(=O)Cc1ccc(Cl)c(Cl)c1. The van der Waals surface area contributed by atoms with Crippen LogP contribution in [-0.4, -0.2) is 16.1 Å². The average Bonchev–Trinajstić information content (AvgIpc) is 2.70. The lowest BCUT2D eigenvalue weighted by atomic mass is 10.1. The van der Waals surface area contributed by atoms with Gasteiger partial charge in [-0.25, -0.2) is 0 Å². The van der Waals surface area contributed by atoms with Crippen LogP contribution in [0, 0.1) is 0 Å². The van der Waals surface area contributed by atoms with Crippen molar-refractivity contribution in [3.05, 3.63) is 40.0 Å². The highest BCUT2D eigenvalue weighted by Crippen LogP contribution is 2.23. The third-order valence-electron chi connectivity index (χ3n) is 2.28. The van der Waals surface area contributed by atoms with Crippen molar-refractivity contribution >= 4 is 40.6 Å². The summed E-state index contributed by atoms with van der Waals surface area (Å²) in [5.74, 6) is 0.171. The fraction of sp³-hybridized carbons (Fsp3) is 0.0909. The molecule has 0 aliphatic carbocycles. The zero-order valence-electron chi connectivity index (χ0n) is 9.21. The van der Waals surface area contributed by atoms with Gasteiger partial charge in [0.2, 0.25) is 5.91 Å². The van der Waals surface area contributed by atoms with Crippen LogP contribution in [0.5, 0.6) is 0 Å². The molecular formula is C11H10Cl2N4O. The van der Waals surface area contributed by atoms with E-state index in [2.05, 4.69) is 15.5 Å². The van der Waals surface area contributed by atoms with Gasteiger partial charge in [0, 0.05) is 0 Å². The van der Waals surface area contributed by atoms with E-state index in [0.717, 1.165) is 5.56 Å². The Morgan fingerprint density at radius 2 is 2.17 bits per heavy atom. The Bertz CT molecular complexity index is 582. The first-order valence-electron chi connectivity index (χ1n) is 5.09. The molecule has 5 nitrogen and oxygen atoms in total. The highest BCUT2D eigenvalue weighted by Gasteiger charge is 2.08. The van der Waals surface area contributed by atoms with Gasteiger partial charge in [0.15, 0.2) is 5.82 Å². The molecule has 0 aliphatic heterocycles. The van der Waals surface area contributed by atoms with Crippen molar-refractivity contribution in [2.45, 2.75) is 6.42 Å². The summed E-state index contributed by atoms with van der Waals surface area (Å²) in [5, 5.41) is 9.78. The van der Waals surface area contributed by atoms with E-state index in [-0.39, 0.29) is 12.3 Å². The second kappa shape index (κ2) is 5.29. The fourth-order valence-electron chi connectivity index (χ4n) is 1.41. The summed E-state index contributed by atoms with van der Waals surface area (Å²) in [5.41, 5.74) is 6.73. The number of nitrogen functional groups attached to an aromatic ring is 1. The second-order valence-electron chi connectivity index (χ2n) is 3.67. The predicted molar refractivity (Wildman–Crippen MR) is 71.8 cm³/mol. The molecule has 0 aliphatic rings. The number of aromatic amines is 1. The van der Waals surface area contributed by atoms with Gasteiger partial charge in [0.05, 0.1) is 28.4 Å². The topological polar surface area (TPSA) is 83.8 Å². The molecule has 0 saturated carbocycles. The van der Waals surface area contributed by atoms with Gasteiger partial charge in [0.25, 0.3) is 0 Å². The van der Waals surface area contributed by atoms with Crippen molar-refractivity contribution in [1.29, 1.82) is 0 Å². The molecule has 0 bridgehead atoms. The lowest BCUT2D eigenvalue weighted by Crippen LogP contribution is -2.15. The van der Waals surface area contributed by atoms with Crippen LogP contribution in [0.4, 0.5) is 11.5 Å². The largest absolute Gasteiger partial charge is 0.394 e. The van der Waals surface area contributed by atoms with Crippen molar-refractivity contribution in [2.24, 2.45) is 0 Å². The van der Waals surface area contributed by atoms with E-state index in [1.807, 2.05) is 0 Å². The fourth-order valence-corrected chi connectivity index (χ4v) is 1.73. The summed E-state index contributed by atoms with van der Waals surface area (Å²) in [7, 11) is 0. The number of carbonyl (C=O) groups is 1. The lowest BCUT2D eigenvalue weighted by Gasteiger charge is -2.05. The Kier molecular flexibility index (Phi) is 3.74. The number of carbonyl (C=O) groups excluding carboxylic acids is 1. The van der Waals surface area contributed by atoms with Gasteiger partial charge in [-0.2, -0.15) is 5.10 Å². The maximum absolute atomic E-state index is 11.7. The zero-order chi connectivity index (χ0) is 13.1. The smallest absolute Gasteiger partial charge is 0.229 e. The predicted octanol–water partition coefficient (Wildman–Crippen LogP) is 2.48. The average molecular weight is 285 g/mol. The molecule has 94 valence electrons. The molecular weight excluding hydrogens is 275 g/mol. The Balaban J connectivity index is 2.03. The first-order valence-corrected chi connectivity index (χ1v) is 5.84. The Labute approximate surface area is 113 Å². The number of halogens is 2. The Morgan fingerprint density at radius 3 is 2.78 bits per heavy atom. The molecule has 2 rings (SSSR count). The number of amides is 1. The van der Waals surface area contributed by atoms with Crippen molar-refractivity contribution in [3.8, 4) is 0 Å². The van der Waals surface area contributed by atoms with E-state index in [4.69, 9.17) is 28.9 Å². The number of nitrogens with one attached hydrogen (secondary N) is 2.